The van der Waals surface area contributed by atoms with Gasteiger partial charge in [-0.05, 0) is 89.3 Å². The second kappa shape index (κ2) is 9.66. The number of para-hydroxylation sites is 5. The molecule has 186 valence electrons. The van der Waals surface area contributed by atoms with Crippen molar-refractivity contribution in [3.05, 3.63) is 157 Å². The summed E-state index contributed by atoms with van der Waals surface area (Å²) in [5.74, 6) is 0. The van der Waals surface area contributed by atoms with Crippen molar-refractivity contribution in [3.8, 4) is 22.3 Å². The molecule has 0 spiro atoms. The molecule has 39 heavy (non-hydrogen) atoms. The molecule has 6 aromatic carbocycles. The standard InChI is InChI=1S/C37H28N2/c1-27-24-30(28-12-4-2-5-13-28)26-31(25-27)29-20-22-33(23-21-29)39-36-18-10-8-16-34(36)38(32-14-6-3-7-15-32)35-17-9-11-19-37(35)39/h2-26H,1H3. The van der Waals surface area contributed by atoms with Gasteiger partial charge in [-0.25, -0.2) is 0 Å². The van der Waals surface area contributed by atoms with E-state index in [1.807, 2.05) is 0 Å². The van der Waals surface area contributed by atoms with Crippen LogP contribution in [0.5, 0.6) is 0 Å². The molecule has 0 saturated heterocycles. The molecule has 7 rings (SSSR count). The van der Waals surface area contributed by atoms with E-state index in [0.29, 0.717) is 0 Å². The fourth-order valence-electron chi connectivity index (χ4n) is 5.63. The third-order valence-corrected chi connectivity index (χ3v) is 7.38. The van der Waals surface area contributed by atoms with Crippen molar-refractivity contribution in [1.82, 2.24) is 0 Å². The van der Waals surface area contributed by atoms with Gasteiger partial charge in [0.2, 0.25) is 0 Å². The molecule has 0 N–H and O–H groups in total. The molecule has 0 aromatic heterocycles. The molecule has 1 aliphatic heterocycles. The van der Waals surface area contributed by atoms with Gasteiger partial charge in [-0.1, -0.05) is 97.1 Å². The molecule has 0 fully saturated rings. The number of nitrogens with zero attached hydrogens (tertiary/aromatic N) is 2. The van der Waals surface area contributed by atoms with E-state index in [9.17, 15) is 0 Å². The molecule has 0 saturated carbocycles. The van der Waals surface area contributed by atoms with Crippen molar-refractivity contribution in [2.45, 2.75) is 6.92 Å². The average molecular weight is 501 g/mol. The Labute approximate surface area is 230 Å². The highest BCUT2D eigenvalue weighted by atomic mass is 15.3. The van der Waals surface area contributed by atoms with Crippen LogP contribution in [0.25, 0.3) is 22.3 Å². The summed E-state index contributed by atoms with van der Waals surface area (Å²) in [6, 6.07) is 54.3. The third kappa shape index (κ3) is 4.17. The van der Waals surface area contributed by atoms with Gasteiger partial charge in [-0.3, -0.25) is 0 Å². The summed E-state index contributed by atoms with van der Waals surface area (Å²) in [4.78, 5) is 4.73. The van der Waals surface area contributed by atoms with E-state index in [1.54, 1.807) is 0 Å². The van der Waals surface area contributed by atoms with Gasteiger partial charge in [-0.2, -0.15) is 0 Å². The minimum Gasteiger partial charge on any atom is -0.306 e. The Morgan fingerprint density at radius 2 is 0.718 bits per heavy atom. The molecule has 6 aromatic rings. The summed E-state index contributed by atoms with van der Waals surface area (Å²) in [6.07, 6.45) is 0. The van der Waals surface area contributed by atoms with Gasteiger partial charge >= 0.3 is 0 Å². The number of fused-ring (bicyclic) bond motifs is 2. The summed E-state index contributed by atoms with van der Waals surface area (Å²) in [5, 5.41) is 0. The van der Waals surface area contributed by atoms with Crippen molar-refractivity contribution in [2.75, 3.05) is 9.80 Å². The summed E-state index contributed by atoms with van der Waals surface area (Å²) in [6.45, 7) is 2.17. The SMILES string of the molecule is Cc1cc(-c2ccccc2)cc(-c2ccc(N3c4ccccc4N(c4ccccc4)c4ccccc43)cc2)c1. The molecule has 0 radical (unpaired) electrons. The monoisotopic (exact) mass is 500 g/mol. The Morgan fingerprint density at radius 1 is 0.333 bits per heavy atom. The average Bonchev–Trinajstić information content (AvgIpc) is 3.00. The van der Waals surface area contributed by atoms with Crippen LogP contribution in [0.15, 0.2) is 152 Å². The Hall–Kier alpha value is -5.08. The number of hydrogen-bond acceptors (Lipinski definition) is 2. The van der Waals surface area contributed by atoms with Crippen LogP contribution < -0.4 is 9.80 Å². The second-order valence-corrected chi connectivity index (χ2v) is 9.98. The smallest absolute Gasteiger partial charge is 0.0703 e. The number of aryl methyl sites for hydroxylation is 1. The number of anilines is 6. The van der Waals surface area contributed by atoms with E-state index >= 15 is 0 Å². The molecule has 2 nitrogen and oxygen atoms in total. The molecule has 0 aliphatic carbocycles. The van der Waals surface area contributed by atoms with Gasteiger partial charge in [0.25, 0.3) is 0 Å². The van der Waals surface area contributed by atoms with Crippen molar-refractivity contribution < 1.29 is 0 Å². The van der Waals surface area contributed by atoms with Crippen LogP contribution in [0.4, 0.5) is 34.1 Å². The molecule has 0 unspecified atom stereocenters. The maximum absolute atomic E-state index is 2.37. The minimum absolute atomic E-state index is 1.14. The first kappa shape index (κ1) is 23.1. The fourth-order valence-corrected chi connectivity index (χ4v) is 5.63. The summed E-state index contributed by atoms with van der Waals surface area (Å²) in [5.41, 5.74) is 13.1. The Bertz CT molecular complexity index is 1710. The molecule has 0 bridgehead atoms. The molecule has 0 atom stereocenters. The predicted octanol–water partition coefficient (Wildman–Crippen LogP) is 10.6. The van der Waals surface area contributed by atoms with Gasteiger partial charge < -0.3 is 9.80 Å². The Kier molecular flexibility index (Phi) is 5.71. The predicted molar refractivity (Wildman–Crippen MR) is 165 cm³/mol. The lowest BCUT2D eigenvalue weighted by molar-refractivity contribution is 1.17. The number of benzene rings is 6. The molecule has 0 amide bonds. The summed E-state index contributed by atoms with van der Waals surface area (Å²) in [7, 11) is 0. The lowest BCUT2D eigenvalue weighted by Crippen LogP contribution is -2.23. The highest BCUT2D eigenvalue weighted by Gasteiger charge is 2.29. The Balaban J connectivity index is 1.31. The third-order valence-electron chi connectivity index (χ3n) is 7.38. The van der Waals surface area contributed by atoms with Crippen molar-refractivity contribution in [3.63, 3.8) is 0 Å². The van der Waals surface area contributed by atoms with E-state index in [1.165, 1.54) is 27.8 Å². The molecular weight excluding hydrogens is 472 g/mol. The van der Waals surface area contributed by atoms with Crippen LogP contribution in [0, 0.1) is 6.92 Å². The molecule has 2 heteroatoms. The lowest BCUT2D eigenvalue weighted by Gasteiger charge is -2.40. The van der Waals surface area contributed by atoms with Gasteiger partial charge in [0.15, 0.2) is 0 Å². The van der Waals surface area contributed by atoms with Crippen LogP contribution in [-0.4, -0.2) is 0 Å². The van der Waals surface area contributed by atoms with Crippen LogP contribution in [0.3, 0.4) is 0 Å². The van der Waals surface area contributed by atoms with E-state index in [-0.39, 0.29) is 0 Å². The summed E-state index contributed by atoms with van der Waals surface area (Å²) < 4.78 is 0. The first-order valence-corrected chi connectivity index (χ1v) is 13.4. The topological polar surface area (TPSA) is 6.48 Å². The fraction of sp³-hybridized carbons (Fsp3) is 0.0270. The van der Waals surface area contributed by atoms with Crippen LogP contribution in [-0.2, 0) is 0 Å². The molecular formula is C37H28N2. The summed E-state index contributed by atoms with van der Waals surface area (Å²) >= 11 is 0. The van der Waals surface area contributed by atoms with Gasteiger partial charge in [-0.15, -0.1) is 0 Å². The first-order valence-electron chi connectivity index (χ1n) is 13.4. The molecule has 1 aliphatic rings. The van der Waals surface area contributed by atoms with Crippen LogP contribution in [0.1, 0.15) is 5.56 Å². The molecule has 1 heterocycles. The zero-order valence-corrected chi connectivity index (χ0v) is 21.8. The van der Waals surface area contributed by atoms with Crippen molar-refractivity contribution in [1.29, 1.82) is 0 Å². The highest BCUT2D eigenvalue weighted by Crippen LogP contribution is 2.53. The van der Waals surface area contributed by atoms with Crippen molar-refractivity contribution in [2.24, 2.45) is 0 Å². The number of hydrogen-bond donors (Lipinski definition) is 0. The minimum atomic E-state index is 1.14. The highest BCUT2D eigenvalue weighted by molar-refractivity contribution is 6.01. The zero-order valence-electron chi connectivity index (χ0n) is 21.8. The Morgan fingerprint density at radius 3 is 1.21 bits per heavy atom. The van der Waals surface area contributed by atoms with E-state index in [0.717, 1.165) is 34.1 Å². The van der Waals surface area contributed by atoms with Crippen molar-refractivity contribution >= 4 is 34.1 Å². The largest absolute Gasteiger partial charge is 0.306 e. The lowest BCUT2D eigenvalue weighted by atomic mass is 9.96. The van der Waals surface area contributed by atoms with E-state index in [4.69, 9.17) is 0 Å². The second-order valence-electron chi connectivity index (χ2n) is 9.98. The van der Waals surface area contributed by atoms with Gasteiger partial charge in [0.05, 0.1) is 22.7 Å². The van der Waals surface area contributed by atoms with Gasteiger partial charge in [0, 0.05) is 11.4 Å². The van der Waals surface area contributed by atoms with E-state index in [2.05, 4.69) is 168 Å². The quantitative estimate of drug-likeness (QED) is 0.237. The zero-order chi connectivity index (χ0) is 26.2. The normalized spacial score (nSPS) is 12.1. The van der Waals surface area contributed by atoms with Gasteiger partial charge in [0.1, 0.15) is 0 Å². The number of rotatable bonds is 4. The van der Waals surface area contributed by atoms with E-state index < -0.39 is 0 Å². The van der Waals surface area contributed by atoms with Crippen LogP contribution in [0.2, 0.25) is 0 Å². The maximum atomic E-state index is 2.37. The maximum Gasteiger partial charge on any atom is 0.0703 e. The van der Waals surface area contributed by atoms with Crippen LogP contribution >= 0.6 is 0 Å². The first-order chi connectivity index (χ1) is 19.3.